The van der Waals surface area contributed by atoms with E-state index in [1.807, 2.05) is 12.1 Å². The lowest BCUT2D eigenvalue weighted by Gasteiger charge is -2.22. The van der Waals surface area contributed by atoms with E-state index in [1.54, 1.807) is 6.07 Å². The van der Waals surface area contributed by atoms with E-state index in [0.29, 0.717) is 11.3 Å². The number of carbonyl (C=O) groups excluding carboxylic acids is 1. The van der Waals surface area contributed by atoms with Crippen LogP contribution in [0, 0.1) is 5.92 Å². The van der Waals surface area contributed by atoms with Crippen LogP contribution in [0.4, 0.5) is 5.69 Å². The normalized spacial score (nSPS) is 20.7. The molecule has 86 valence electrons. The molecule has 1 unspecified atom stereocenters. The van der Waals surface area contributed by atoms with Crippen molar-refractivity contribution in [3.05, 3.63) is 28.2 Å². The Hall–Kier alpha value is -0.870. The molecule has 1 aliphatic rings. The third-order valence-corrected chi connectivity index (χ3v) is 3.68. The molecule has 0 aliphatic carbocycles. The monoisotopic (exact) mass is 282 g/mol. The summed E-state index contributed by atoms with van der Waals surface area (Å²) in [5.41, 5.74) is 7.10. The molecule has 16 heavy (non-hydrogen) atoms. The summed E-state index contributed by atoms with van der Waals surface area (Å²) in [7, 11) is 0. The summed E-state index contributed by atoms with van der Waals surface area (Å²) in [6.07, 6.45) is 2.02. The Morgan fingerprint density at radius 1 is 1.50 bits per heavy atom. The molecule has 0 radical (unpaired) electrons. The summed E-state index contributed by atoms with van der Waals surface area (Å²) in [6.45, 7) is 1.78. The minimum atomic E-state index is 0.0744. The summed E-state index contributed by atoms with van der Waals surface area (Å²) >= 11 is 3.35. The van der Waals surface area contributed by atoms with E-state index in [2.05, 4.69) is 21.2 Å². The second kappa shape index (κ2) is 4.97. The number of hydrogen-bond acceptors (Lipinski definition) is 3. The Bertz CT molecular complexity index is 400. The molecule has 1 heterocycles. The highest BCUT2D eigenvalue weighted by atomic mass is 79.9. The number of anilines is 1. The smallest absolute Gasteiger partial charge is 0.169 e. The zero-order valence-electron chi connectivity index (χ0n) is 9.00. The maximum absolute atomic E-state index is 12.2. The van der Waals surface area contributed by atoms with Crippen molar-refractivity contribution in [2.45, 2.75) is 12.8 Å². The standard InChI is InChI=1S/C12H15BrN2O/c13-10-5-1-4-9(11(10)14)12(16)8-3-2-6-15-7-8/h1,4-5,8,15H,2-3,6-7,14H2. The van der Waals surface area contributed by atoms with Crippen LogP contribution in [0.2, 0.25) is 0 Å². The minimum Gasteiger partial charge on any atom is -0.397 e. The van der Waals surface area contributed by atoms with E-state index in [9.17, 15) is 4.79 Å². The first-order valence-electron chi connectivity index (χ1n) is 5.49. The quantitative estimate of drug-likeness (QED) is 0.646. The van der Waals surface area contributed by atoms with Crippen LogP contribution in [0.5, 0.6) is 0 Å². The van der Waals surface area contributed by atoms with Gasteiger partial charge in [-0.1, -0.05) is 6.07 Å². The Balaban J connectivity index is 2.22. The van der Waals surface area contributed by atoms with Crippen LogP contribution in [0.15, 0.2) is 22.7 Å². The zero-order valence-corrected chi connectivity index (χ0v) is 10.6. The lowest BCUT2D eigenvalue weighted by molar-refractivity contribution is 0.0900. The van der Waals surface area contributed by atoms with E-state index in [1.165, 1.54) is 0 Å². The van der Waals surface area contributed by atoms with Gasteiger partial charge in [-0.05, 0) is 47.4 Å². The molecule has 1 fully saturated rings. The molecule has 1 aromatic rings. The number of nitrogens with one attached hydrogen (secondary N) is 1. The van der Waals surface area contributed by atoms with Crippen molar-refractivity contribution >= 4 is 27.4 Å². The fourth-order valence-corrected chi connectivity index (χ4v) is 2.41. The number of nitrogens with two attached hydrogens (primary N) is 1. The third kappa shape index (κ3) is 2.28. The molecule has 1 saturated heterocycles. The Morgan fingerprint density at radius 2 is 2.31 bits per heavy atom. The van der Waals surface area contributed by atoms with Crippen LogP contribution in [-0.2, 0) is 0 Å². The van der Waals surface area contributed by atoms with E-state index >= 15 is 0 Å². The van der Waals surface area contributed by atoms with Crippen molar-refractivity contribution in [2.75, 3.05) is 18.8 Å². The van der Waals surface area contributed by atoms with Crippen molar-refractivity contribution < 1.29 is 4.79 Å². The molecule has 4 heteroatoms. The fourth-order valence-electron chi connectivity index (χ4n) is 2.05. The highest BCUT2D eigenvalue weighted by molar-refractivity contribution is 9.10. The van der Waals surface area contributed by atoms with E-state index in [-0.39, 0.29) is 11.7 Å². The van der Waals surface area contributed by atoms with Crippen LogP contribution < -0.4 is 11.1 Å². The summed E-state index contributed by atoms with van der Waals surface area (Å²) in [5.74, 6) is 0.233. The number of benzene rings is 1. The van der Waals surface area contributed by atoms with Crippen molar-refractivity contribution in [2.24, 2.45) is 5.92 Å². The first-order chi connectivity index (χ1) is 7.70. The minimum absolute atomic E-state index is 0.0744. The predicted octanol–water partition coefficient (Wildman–Crippen LogP) is 2.21. The molecule has 0 saturated carbocycles. The molecule has 3 N–H and O–H groups in total. The van der Waals surface area contributed by atoms with Gasteiger partial charge >= 0.3 is 0 Å². The zero-order chi connectivity index (χ0) is 11.5. The van der Waals surface area contributed by atoms with Gasteiger partial charge < -0.3 is 11.1 Å². The Kier molecular flexibility index (Phi) is 3.61. The van der Waals surface area contributed by atoms with Crippen LogP contribution >= 0.6 is 15.9 Å². The van der Waals surface area contributed by atoms with Crippen LogP contribution in [0.25, 0.3) is 0 Å². The topological polar surface area (TPSA) is 55.1 Å². The summed E-state index contributed by atoms with van der Waals surface area (Å²) in [6, 6.07) is 5.51. The Labute approximate surface area is 104 Å². The molecule has 0 spiro atoms. The molecule has 2 rings (SSSR count). The highest BCUT2D eigenvalue weighted by Gasteiger charge is 2.23. The lowest BCUT2D eigenvalue weighted by Crippen LogP contribution is -2.34. The van der Waals surface area contributed by atoms with Gasteiger partial charge in [0.1, 0.15) is 0 Å². The average Bonchev–Trinajstić information content (AvgIpc) is 2.33. The molecule has 1 aromatic carbocycles. The summed E-state index contributed by atoms with van der Waals surface area (Å²) in [4.78, 5) is 12.2. The van der Waals surface area contributed by atoms with Gasteiger partial charge in [-0.3, -0.25) is 4.79 Å². The number of halogens is 1. The second-order valence-corrected chi connectivity index (χ2v) is 4.96. The van der Waals surface area contributed by atoms with E-state index < -0.39 is 0 Å². The SMILES string of the molecule is Nc1c(Br)cccc1C(=O)C1CCCNC1. The second-order valence-electron chi connectivity index (χ2n) is 4.11. The number of hydrogen-bond donors (Lipinski definition) is 2. The first kappa shape index (κ1) is 11.6. The van der Waals surface area contributed by atoms with Gasteiger partial charge in [-0.2, -0.15) is 0 Å². The maximum atomic E-state index is 12.2. The number of rotatable bonds is 2. The molecule has 1 aliphatic heterocycles. The van der Waals surface area contributed by atoms with E-state index in [0.717, 1.165) is 30.4 Å². The van der Waals surface area contributed by atoms with Gasteiger partial charge in [0.25, 0.3) is 0 Å². The summed E-state index contributed by atoms with van der Waals surface area (Å²) in [5, 5.41) is 3.25. The van der Waals surface area contributed by atoms with Crippen molar-refractivity contribution in [3.8, 4) is 0 Å². The number of Topliss-reactive ketones (excluding diaryl/α,β-unsaturated/α-hetero) is 1. The number of ketones is 1. The number of nitrogen functional groups attached to an aromatic ring is 1. The predicted molar refractivity (Wildman–Crippen MR) is 68.5 cm³/mol. The molecular weight excluding hydrogens is 268 g/mol. The lowest BCUT2D eigenvalue weighted by atomic mass is 9.90. The number of para-hydroxylation sites is 1. The highest BCUT2D eigenvalue weighted by Crippen LogP contribution is 2.26. The van der Waals surface area contributed by atoms with Gasteiger partial charge in [-0.15, -0.1) is 0 Å². The molecular formula is C12H15BrN2O. The van der Waals surface area contributed by atoms with Crippen LogP contribution in [0.1, 0.15) is 23.2 Å². The fraction of sp³-hybridized carbons (Fsp3) is 0.417. The third-order valence-electron chi connectivity index (χ3n) is 2.99. The molecule has 0 amide bonds. The first-order valence-corrected chi connectivity index (χ1v) is 6.28. The van der Waals surface area contributed by atoms with Gasteiger partial charge in [0.2, 0.25) is 0 Å². The number of carbonyl (C=O) groups is 1. The Morgan fingerprint density at radius 3 is 3.00 bits per heavy atom. The van der Waals surface area contributed by atoms with Gasteiger partial charge in [0.05, 0.1) is 5.69 Å². The molecule has 3 nitrogen and oxygen atoms in total. The van der Waals surface area contributed by atoms with Crippen molar-refractivity contribution in [1.82, 2.24) is 5.32 Å². The average molecular weight is 283 g/mol. The van der Waals surface area contributed by atoms with E-state index in [4.69, 9.17) is 5.73 Å². The van der Waals surface area contributed by atoms with Crippen molar-refractivity contribution in [1.29, 1.82) is 0 Å². The largest absolute Gasteiger partial charge is 0.397 e. The van der Waals surface area contributed by atoms with Crippen molar-refractivity contribution in [3.63, 3.8) is 0 Å². The maximum Gasteiger partial charge on any atom is 0.169 e. The molecule has 0 bridgehead atoms. The van der Waals surface area contributed by atoms with Gasteiger partial charge in [0, 0.05) is 22.5 Å². The van der Waals surface area contributed by atoms with Gasteiger partial charge in [-0.25, -0.2) is 0 Å². The number of piperidine rings is 1. The van der Waals surface area contributed by atoms with Crippen LogP contribution in [-0.4, -0.2) is 18.9 Å². The molecule has 1 atom stereocenters. The van der Waals surface area contributed by atoms with Crippen LogP contribution in [0.3, 0.4) is 0 Å². The van der Waals surface area contributed by atoms with Gasteiger partial charge in [0.15, 0.2) is 5.78 Å². The summed E-state index contributed by atoms with van der Waals surface area (Å²) < 4.78 is 0.794. The molecule has 0 aromatic heterocycles.